The van der Waals surface area contributed by atoms with Crippen LogP contribution in [0, 0.1) is 0 Å². The molecule has 0 heterocycles. The highest BCUT2D eigenvalue weighted by Crippen LogP contribution is 2.28. The monoisotopic (exact) mass is 496 g/mol. The average Bonchev–Trinajstić information content (AvgIpc) is 2.80. The number of hydrogen-bond acceptors (Lipinski definition) is 6. The summed E-state index contributed by atoms with van der Waals surface area (Å²) in [4.78, 5) is 24.6. The van der Waals surface area contributed by atoms with Gasteiger partial charge in [0.1, 0.15) is 5.75 Å². The van der Waals surface area contributed by atoms with E-state index in [1.807, 2.05) is 13.0 Å². The minimum absolute atomic E-state index is 0.265. The summed E-state index contributed by atoms with van der Waals surface area (Å²) >= 11 is 3.33. The highest BCUT2D eigenvalue weighted by Gasteiger charge is 2.13. The number of carbonyl (C=O) groups is 2. The maximum atomic E-state index is 12.4. The first-order valence-corrected chi connectivity index (χ1v) is 10.5. The molecule has 0 unspecified atom stereocenters. The molecule has 32 heavy (non-hydrogen) atoms. The molecular formula is C24H21BrN2O5. The van der Waals surface area contributed by atoms with Crippen LogP contribution in [0.25, 0.3) is 0 Å². The molecule has 1 N–H and O–H groups in total. The van der Waals surface area contributed by atoms with E-state index in [2.05, 4.69) is 26.5 Å². The molecule has 0 radical (unpaired) electrons. The zero-order valence-corrected chi connectivity index (χ0v) is 19.1. The Morgan fingerprint density at radius 2 is 1.78 bits per heavy atom. The Labute approximate surface area is 194 Å². The fraction of sp³-hybridized carbons (Fsp3) is 0.125. The van der Waals surface area contributed by atoms with Gasteiger partial charge < -0.3 is 14.2 Å². The predicted molar refractivity (Wildman–Crippen MR) is 125 cm³/mol. The van der Waals surface area contributed by atoms with Crippen LogP contribution in [-0.4, -0.2) is 31.8 Å². The molecule has 164 valence electrons. The first-order chi connectivity index (χ1) is 15.5. The van der Waals surface area contributed by atoms with E-state index in [0.29, 0.717) is 34.8 Å². The van der Waals surface area contributed by atoms with Gasteiger partial charge >= 0.3 is 5.97 Å². The van der Waals surface area contributed by atoms with Crippen molar-refractivity contribution in [1.82, 2.24) is 5.43 Å². The molecule has 3 aromatic rings. The number of hydrogen-bond donors (Lipinski definition) is 1. The molecule has 0 atom stereocenters. The van der Waals surface area contributed by atoms with E-state index in [1.54, 1.807) is 60.7 Å². The molecule has 0 aliphatic rings. The zero-order valence-electron chi connectivity index (χ0n) is 17.5. The van der Waals surface area contributed by atoms with Crippen molar-refractivity contribution in [2.45, 2.75) is 6.92 Å². The molecule has 1 amide bonds. The van der Waals surface area contributed by atoms with Crippen LogP contribution in [-0.2, 0) is 0 Å². The molecule has 0 fully saturated rings. The second kappa shape index (κ2) is 11.1. The summed E-state index contributed by atoms with van der Waals surface area (Å²) in [5.41, 5.74) is 3.98. The molecular weight excluding hydrogens is 476 g/mol. The van der Waals surface area contributed by atoms with Crippen molar-refractivity contribution in [1.29, 1.82) is 0 Å². The number of amides is 1. The largest absolute Gasteiger partial charge is 0.494 e. The number of halogens is 1. The number of methoxy groups -OCH3 is 1. The second-order valence-electron chi connectivity index (χ2n) is 6.47. The van der Waals surface area contributed by atoms with Gasteiger partial charge in [-0.15, -0.1) is 0 Å². The average molecular weight is 497 g/mol. The van der Waals surface area contributed by atoms with Crippen LogP contribution < -0.4 is 19.6 Å². The second-order valence-corrected chi connectivity index (χ2v) is 7.38. The number of esters is 1. The first kappa shape index (κ1) is 23.0. The highest BCUT2D eigenvalue weighted by molar-refractivity contribution is 9.10. The van der Waals surface area contributed by atoms with Crippen molar-refractivity contribution in [2.24, 2.45) is 5.10 Å². The molecule has 0 aliphatic heterocycles. The number of hydrazone groups is 1. The number of carbonyl (C=O) groups excluding carboxylic acids is 2. The lowest BCUT2D eigenvalue weighted by Gasteiger charge is -2.10. The third-order valence-electron chi connectivity index (χ3n) is 4.26. The van der Waals surface area contributed by atoms with E-state index in [0.717, 1.165) is 4.47 Å². The molecule has 8 heteroatoms. The quantitative estimate of drug-likeness (QED) is 0.208. The Bertz CT molecular complexity index is 1130. The molecule has 0 spiro atoms. The van der Waals surface area contributed by atoms with Gasteiger partial charge in [0, 0.05) is 10.0 Å². The van der Waals surface area contributed by atoms with Crippen LogP contribution in [0.4, 0.5) is 0 Å². The standard InChI is InChI=1S/C24H21BrN2O5/c1-3-31-20-10-8-17(9-11-20)24(29)32-21-12-7-16(13-22(21)30-2)15-26-27-23(28)18-5-4-6-19(25)14-18/h4-15H,3H2,1-2H3,(H,27,28)/b26-15-. The lowest BCUT2D eigenvalue weighted by Crippen LogP contribution is -2.17. The minimum Gasteiger partial charge on any atom is -0.494 e. The Morgan fingerprint density at radius 1 is 1.00 bits per heavy atom. The Kier molecular flexibility index (Phi) is 7.99. The normalized spacial score (nSPS) is 10.6. The van der Waals surface area contributed by atoms with Crippen LogP contribution in [0.2, 0.25) is 0 Å². The summed E-state index contributed by atoms with van der Waals surface area (Å²) in [6, 6.07) is 18.6. The topological polar surface area (TPSA) is 86.2 Å². The van der Waals surface area contributed by atoms with Gasteiger partial charge in [-0.1, -0.05) is 22.0 Å². The number of ether oxygens (including phenoxy) is 3. The summed E-state index contributed by atoms with van der Waals surface area (Å²) < 4.78 is 17.0. The van der Waals surface area contributed by atoms with E-state index in [4.69, 9.17) is 14.2 Å². The van der Waals surface area contributed by atoms with Crippen molar-refractivity contribution < 1.29 is 23.8 Å². The van der Waals surface area contributed by atoms with Gasteiger partial charge in [0.25, 0.3) is 5.91 Å². The van der Waals surface area contributed by atoms with Crippen molar-refractivity contribution in [3.05, 3.63) is 87.9 Å². The molecule has 7 nitrogen and oxygen atoms in total. The fourth-order valence-corrected chi connectivity index (χ4v) is 3.12. The Balaban J connectivity index is 1.65. The SMILES string of the molecule is CCOc1ccc(C(=O)Oc2ccc(/C=N\NC(=O)c3cccc(Br)c3)cc2OC)cc1. The fourth-order valence-electron chi connectivity index (χ4n) is 2.72. The van der Waals surface area contributed by atoms with Gasteiger partial charge in [-0.05, 0) is 73.2 Å². The van der Waals surface area contributed by atoms with Crippen molar-refractivity contribution in [3.63, 3.8) is 0 Å². The number of nitrogens with zero attached hydrogens (tertiary/aromatic N) is 1. The third-order valence-corrected chi connectivity index (χ3v) is 4.75. The number of rotatable bonds is 8. The van der Waals surface area contributed by atoms with Crippen LogP contribution in [0.1, 0.15) is 33.2 Å². The van der Waals surface area contributed by atoms with Gasteiger partial charge in [-0.3, -0.25) is 4.79 Å². The van der Waals surface area contributed by atoms with Crippen LogP contribution in [0.15, 0.2) is 76.3 Å². The predicted octanol–water partition coefficient (Wildman–Crippen LogP) is 4.84. The van der Waals surface area contributed by atoms with Crippen molar-refractivity contribution >= 4 is 34.0 Å². The molecule has 0 saturated carbocycles. The Morgan fingerprint density at radius 3 is 2.47 bits per heavy atom. The number of nitrogens with one attached hydrogen (secondary N) is 1. The molecule has 3 aromatic carbocycles. The van der Waals surface area contributed by atoms with Crippen LogP contribution in [0.5, 0.6) is 17.2 Å². The molecule has 0 bridgehead atoms. The molecule has 0 aromatic heterocycles. The molecule has 0 saturated heterocycles. The first-order valence-electron chi connectivity index (χ1n) is 9.72. The van der Waals surface area contributed by atoms with E-state index in [1.165, 1.54) is 13.3 Å². The van der Waals surface area contributed by atoms with Crippen molar-refractivity contribution in [2.75, 3.05) is 13.7 Å². The number of benzene rings is 3. The van der Waals surface area contributed by atoms with E-state index < -0.39 is 5.97 Å². The van der Waals surface area contributed by atoms with E-state index >= 15 is 0 Å². The van der Waals surface area contributed by atoms with Crippen LogP contribution >= 0.6 is 15.9 Å². The lowest BCUT2D eigenvalue weighted by molar-refractivity contribution is 0.0729. The van der Waals surface area contributed by atoms with Crippen LogP contribution in [0.3, 0.4) is 0 Å². The summed E-state index contributed by atoms with van der Waals surface area (Å²) in [5, 5.41) is 3.97. The summed E-state index contributed by atoms with van der Waals surface area (Å²) in [7, 11) is 1.47. The van der Waals surface area contributed by atoms with E-state index in [-0.39, 0.29) is 11.7 Å². The maximum absolute atomic E-state index is 12.4. The molecule has 0 aliphatic carbocycles. The lowest BCUT2D eigenvalue weighted by atomic mass is 10.2. The summed E-state index contributed by atoms with van der Waals surface area (Å²) in [6.45, 7) is 2.43. The third kappa shape index (κ3) is 6.18. The molecule has 3 rings (SSSR count). The van der Waals surface area contributed by atoms with Gasteiger partial charge in [0.2, 0.25) is 0 Å². The summed E-state index contributed by atoms with van der Waals surface area (Å²) in [5.74, 6) is 0.440. The van der Waals surface area contributed by atoms with Crippen molar-refractivity contribution in [3.8, 4) is 17.2 Å². The van der Waals surface area contributed by atoms with E-state index in [9.17, 15) is 9.59 Å². The smallest absolute Gasteiger partial charge is 0.343 e. The highest BCUT2D eigenvalue weighted by atomic mass is 79.9. The van der Waals surface area contributed by atoms with Gasteiger partial charge in [-0.25, -0.2) is 10.2 Å². The van der Waals surface area contributed by atoms with Gasteiger partial charge in [0.05, 0.1) is 25.5 Å². The summed E-state index contributed by atoms with van der Waals surface area (Å²) in [6.07, 6.45) is 1.47. The zero-order chi connectivity index (χ0) is 22.9. The Hall–Kier alpha value is -3.65. The minimum atomic E-state index is -0.519. The van der Waals surface area contributed by atoms with Gasteiger partial charge in [0.15, 0.2) is 11.5 Å². The maximum Gasteiger partial charge on any atom is 0.343 e. The van der Waals surface area contributed by atoms with Gasteiger partial charge in [-0.2, -0.15) is 5.10 Å².